The molecular formula is C13H14F5NO2. The number of hydrogen-bond acceptors (Lipinski definition) is 3. The van der Waals surface area contributed by atoms with E-state index in [9.17, 15) is 22.0 Å². The van der Waals surface area contributed by atoms with E-state index in [0.717, 1.165) is 6.07 Å². The third-order valence-electron chi connectivity index (χ3n) is 3.62. The first-order valence-corrected chi connectivity index (χ1v) is 6.27. The second kappa shape index (κ2) is 5.75. The molecule has 0 amide bonds. The van der Waals surface area contributed by atoms with Crippen molar-refractivity contribution >= 4 is 0 Å². The Morgan fingerprint density at radius 2 is 2.00 bits per heavy atom. The molecule has 0 saturated carbocycles. The molecular weight excluding hydrogens is 297 g/mol. The third-order valence-corrected chi connectivity index (χ3v) is 3.62. The highest BCUT2D eigenvalue weighted by atomic mass is 19.4. The highest BCUT2D eigenvalue weighted by Gasteiger charge is 2.51. The van der Waals surface area contributed by atoms with Gasteiger partial charge in [-0.1, -0.05) is 13.0 Å². The lowest BCUT2D eigenvalue weighted by Crippen LogP contribution is -2.33. The van der Waals surface area contributed by atoms with Crippen LogP contribution in [-0.4, -0.2) is 31.0 Å². The summed E-state index contributed by atoms with van der Waals surface area (Å²) in [5.41, 5.74) is -0.129. The molecule has 0 radical (unpaired) electrons. The summed E-state index contributed by atoms with van der Waals surface area (Å²) in [6, 6.07) is 2.42. The Balaban J connectivity index is 2.31. The maximum absolute atomic E-state index is 12.8. The van der Waals surface area contributed by atoms with Crippen LogP contribution in [0.1, 0.15) is 30.5 Å². The zero-order chi connectivity index (χ0) is 15.8. The molecule has 0 spiro atoms. The van der Waals surface area contributed by atoms with E-state index >= 15 is 0 Å². The predicted molar refractivity (Wildman–Crippen MR) is 63.4 cm³/mol. The minimum absolute atomic E-state index is 0.0870. The number of pyridine rings is 1. The number of methoxy groups -OCH3 is 1. The lowest BCUT2D eigenvalue weighted by atomic mass is 9.87. The average Bonchev–Trinajstić information content (AvgIpc) is 2.79. The summed E-state index contributed by atoms with van der Waals surface area (Å²) in [5.74, 6) is -1.54. The fourth-order valence-electron chi connectivity index (χ4n) is 2.52. The van der Waals surface area contributed by atoms with Crippen LogP contribution < -0.4 is 4.74 Å². The Labute approximate surface area is 118 Å². The first kappa shape index (κ1) is 15.9. The molecule has 3 nitrogen and oxygen atoms in total. The normalized spacial score (nSPS) is 26.4. The Hall–Kier alpha value is -1.44. The van der Waals surface area contributed by atoms with Crippen LogP contribution in [0.25, 0.3) is 0 Å². The van der Waals surface area contributed by atoms with Crippen molar-refractivity contribution in [1.29, 1.82) is 0 Å². The number of ether oxygens (including phenoxy) is 2. The van der Waals surface area contributed by atoms with Gasteiger partial charge in [0.25, 0.3) is 6.43 Å². The maximum atomic E-state index is 12.8. The van der Waals surface area contributed by atoms with Gasteiger partial charge >= 0.3 is 6.18 Å². The molecule has 3 unspecified atom stereocenters. The first-order valence-electron chi connectivity index (χ1n) is 6.27. The van der Waals surface area contributed by atoms with Crippen LogP contribution in [0.3, 0.4) is 0 Å². The fraction of sp³-hybridized carbons (Fsp3) is 0.615. The van der Waals surface area contributed by atoms with E-state index in [-0.39, 0.29) is 12.5 Å². The Bertz CT molecular complexity index is 506. The smallest absolute Gasteiger partial charge is 0.414 e. The van der Waals surface area contributed by atoms with Crippen molar-refractivity contribution in [2.75, 3.05) is 13.7 Å². The first-order chi connectivity index (χ1) is 9.75. The SMILES string of the molecule is COc1nc(C(F)F)ccc1C1COC(C(F)(F)F)C1C. The van der Waals surface area contributed by atoms with Crippen molar-refractivity contribution in [1.82, 2.24) is 4.98 Å². The summed E-state index contributed by atoms with van der Waals surface area (Å²) in [5, 5.41) is 0. The van der Waals surface area contributed by atoms with Crippen molar-refractivity contribution in [3.63, 3.8) is 0 Å². The Kier molecular flexibility index (Phi) is 4.36. The number of alkyl halides is 5. The summed E-state index contributed by atoms with van der Waals surface area (Å²) in [6.45, 7) is 1.26. The van der Waals surface area contributed by atoms with Crippen LogP contribution in [0, 0.1) is 5.92 Å². The molecule has 8 heteroatoms. The molecule has 0 aliphatic carbocycles. The average molecular weight is 311 g/mol. The number of aromatic nitrogens is 1. The van der Waals surface area contributed by atoms with Gasteiger partial charge in [-0.15, -0.1) is 0 Å². The van der Waals surface area contributed by atoms with Crippen molar-refractivity contribution in [2.24, 2.45) is 5.92 Å². The number of halogens is 5. The molecule has 3 atom stereocenters. The quantitative estimate of drug-likeness (QED) is 0.798. The minimum atomic E-state index is -4.46. The lowest BCUT2D eigenvalue weighted by Gasteiger charge is -2.21. The van der Waals surface area contributed by atoms with Gasteiger partial charge in [0.2, 0.25) is 5.88 Å². The van der Waals surface area contributed by atoms with Crippen LogP contribution >= 0.6 is 0 Å². The van der Waals surface area contributed by atoms with Crippen LogP contribution in [-0.2, 0) is 4.74 Å². The van der Waals surface area contributed by atoms with E-state index < -0.39 is 36.2 Å². The molecule has 2 rings (SSSR count). The summed E-state index contributed by atoms with van der Waals surface area (Å²) >= 11 is 0. The van der Waals surface area contributed by atoms with Gasteiger partial charge in [-0.25, -0.2) is 13.8 Å². The van der Waals surface area contributed by atoms with E-state index in [0.29, 0.717) is 5.56 Å². The topological polar surface area (TPSA) is 31.4 Å². The summed E-state index contributed by atoms with van der Waals surface area (Å²) < 4.78 is 73.3. The molecule has 0 N–H and O–H groups in total. The highest BCUT2D eigenvalue weighted by Crippen LogP contribution is 2.44. The largest absolute Gasteiger partial charge is 0.481 e. The van der Waals surface area contributed by atoms with Gasteiger partial charge in [0.05, 0.1) is 13.7 Å². The zero-order valence-electron chi connectivity index (χ0n) is 11.3. The molecule has 1 aromatic rings. The number of nitrogens with zero attached hydrogens (tertiary/aromatic N) is 1. The van der Waals surface area contributed by atoms with Crippen LogP contribution in [0.2, 0.25) is 0 Å². The van der Waals surface area contributed by atoms with Gasteiger partial charge in [0, 0.05) is 17.4 Å². The molecule has 1 aromatic heterocycles. The van der Waals surface area contributed by atoms with E-state index in [2.05, 4.69) is 4.98 Å². The van der Waals surface area contributed by atoms with Gasteiger partial charge < -0.3 is 9.47 Å². The molecule has 118 valence electrons. The molecule has 0 bridgehead atoms. The van der Waals surface area contributed by atoms with Crippen molar-refractivity contribution in [2.45, 2.75) is 31.5 Å². The maximum Gasteiger partial charge on any atom is 0.414 e. The van der Waals surface area contributed by atoms with Gasteiger partial charge in [-0.2, -0.15) is 13.2 Å². The second-order valence-electron chi connectivity index (χ2n) is 4.90. The van der Waals surface area contributed by atoms with Crippen LogP contribution in [0.4, 0.5) is 22.0 Å². The Morgan fingerprint density at radius 1 is 1.33 bits per heavy atom. The van der Waals surface area contributed by atoms with E-state index in [4.69, 9.17) is 9.47 Å². The van der Waals surface area contributed by atoms with E-state index in [1.807, 2.05) is 0 Å². The van der Waals surface area contributed by atoms with Crippen LogP contribution in [0.15, 0.2) is 12.1 Å². The van der Waals surface area contributed by atoms with Crippen molar-refractivity contribution in [3.05, 3.63) is 23.4 Å². The second-order valence-corrected chi connectivity index (χ2v) is 4.90. The fourth-order valence-corrected chi connectivity index (χ4v) is 2.52. The predicted octanol–water partition coefficient (Wildman–Crippen LogP) is 3.71. The van der Waals surface area contributed by atoms with Gasteiger partial charge in [0.1, 0.15) is 5.69 Å². The zero-order valence-corrected chi connectivity index (χ0v) is 11.3. The molecule has 0 aromatic carbocycles. The Morgan fingerprint density at radius 3 is 2.48 bits per heavy atom. The van der Waals surface area contributed by atoms with Crippen LogP contribution in [0.5, 0.6) is 5.88 Å². The minimum Gasteiger partial charge on any atom is -0.481 e. The van der Waals surface area contributed by atoms with Crippen molar-refractivity contribution in [3.8, 4) is 5.88 Å². The highest BCUT2D eigenvalue weighted by molar-refractivity contribution is 5.33. The third kappa shape index (κ3) is 3.09. The molecule has 2 heterocycles. The standard InChI is InChI=1S/C13H14F5NO2/c1-6-8(5-21-10(6)13(16,17)18)7-3-4-9(11(14)15)19-12(7)20-2/h3-4,6,8,10-11H,5H2,1-2H3. The van der Waals surface area contributed by atoms with Gasteiger partial charge in [-0.3, -0.25) is 0 Å². The molecule has 1 aliphatic rings. The van der Waals surface area contributed by atoms with Gasteiger partial charge in [-0.05, 0) is 6.07 Å². The monoisotopic (exact) mass is 311 g/mol. The lowest BCUT2D eigenvalue weighted by molar-refractivity contribution is -0.215. The number of hydrogen-bond donors (Lipinski definition) is 0. The molecule has 21 heavy (non-hydrogen) atoms. The van der Waals surface area contributed by atoms with Crippen molar-refractivity contribution < 1.29 is 31.4 Å². The van der Waals surface area contributed by atoms with E-state index in [1.165, 1.54) is 20.1 Å². The summed E-state index contributed by atoms with van der Waals surface area (Å²) in [4.78, 5) is 3.65. The molecule has 1 aliphatic heterocycles. The number of rotatable bonds is 3. The summed E-state index contributed by atoms with van der Waals surface area (Å²) in [7, 11) is 1.24. The molecule has 1 saturated heterocycles. The van der Waals surface area contributed by atoms with Gasteiger partial charge in [0.15, 0.2) is 6.10 Å². The summed E-state index contributed by atoms with van der Waals surface area (Å²) in [6.07, 6.45) is -9.10. The van der Waals surface area contributed by atoms with E-state index in [1.54, 1.807) is 0 Å². The molecule has 1 fully saturated rings.